The molecule has 6 heteroatoms. The van der Waals surface area contributed by atoms with Gasteiger partial charge in [0.15, 0.2) is 6.61 Å². The van der Waals surface area contributed by atoms with Gasteiger partial charge in [-0.1, -0.05) is 6.92 Å². The predicted molar refractivity (Wildman–Crippen MR) is 109 cm³/mol. The zero-order valence-electron chi connectivity index (χ0n) is 16.4. The third kappa shape index (κ3) is 6.02. The second kappa shape index (κ2) is 9.62. The van der Waals surface area contributed by atoms with Gasteiger partial charge < -0.3 is 19.9 Å². The standard InChI is InChI=1S/C21H27N3O3/c1-5-14-24(4)18-10-6-16(7-11-18)21(26)22-17-8-12-19(13-9-17)27-15-20(25)23(2)3/h6-13H,5,14-15H2,1-4H3,(H,22,26). The molecule has 2 amide bonds. The van der Waals surface area contributed by atoms with E-state index in [9.17, 15) is 9.59 Å². The SMILES string of the molecule is CCCN(C)c1ccc(C(=O)Nc2ccc(OCC(=O)N(C)C)cc2)cc1. The number of carbonyl (C=O) groups is 2. The zero-order chi connectivity index (χ0) is 19.8. The van der Waals surface area contributed by atoms with Crippen molar-refractivity contribution in [1.82, 2.24) is 4.90 Å². The van der Waals surface area contributed by atoms with Gasteiger partial charge in [-0.25, -0.2) is 0 Å². The first-order chi connectivity index (χ1) is 12.9. The van der Waals surface area contributed by atoms with Gasteiger partial charge in [0.05, 0.1) is 0 Å². The van der Waals surface area contributed by atoms with E-state index in [0.717, 1.165) is 18.7 Å². The van der Waals surface area contributed by atoms with E-state index in [4.69, 9.17) is 4.74 Å². The number of ether oxygens (including phenoxy) is 1. The maximum atomic E-state index is 12.4. The Balaban J connectivity index is 1.92. The van der Waals surface area contributed by atoms with Crippen LogP contribution in [-0.4, -0.2) is 51.0 Å². The van der Waals surface area contributed by atoms with E-state index in [1.807, 2.05) is 31.3 Å². The minimum atomic E-state index is -0.170. The topological polar surface area (TPSA) is 61.9 Å². The van der Waals surface area contributed by atoms with Crippen molar-refractivity contribution < 1.29 is 14.3 Å². The molecule has 0 fully saturated rings. The molecule has 0 saturated heterocycles. The second-order valence-corrected chi connectivity index (χ2v) is 6.52. The number of anilines is 2. The third-order valence-corrected chi connectivity index (χ3v) is 4.10. The summed E-state index contributed by atoms with van der Waals surface area (Å²) in [6.07, 6.45) is 1.07. The number of carbonyl (C=O) groups excluding carboxylic acids is 2. The Morgan fingerprint density at radius 1 is 0.963 bits per heavy atom. The van der Waals surface area contributed by atoms with Crippen molar-refractivity contribution in [1.29, 1.82) is 0 Å². The van der Waals surface area contributed by atoms with Crippen molar-refractivity contribution >= 4 is 23.2 Å². The Kier molecular flexibility index (Phi) is 7.23. The molecule has 1 N–H and O–H groups in total. The lowest BCUT2D eigenvalue weighted by Crippen LogP contribution is -2.27. The molecule has 0 bridgehead atoms. The van der Waals surface area contributed by atoms with Crippen LogP contribution in [0.2, 0.25) is 0 Å². The molecule has 2 aromatic rings. The van der Waals surface area contributed by atoms with E-state index in [1.165, 1.54) is 4.90 Å². The van der Waals surface area contributed by atoms with Crippen LogP contribution in [0.5, 0.6) is 5.75 Å². The lowest BCUT2D eigenvalue weighted by atomic mass is 10.1. The Labute approximate surface area is 160 Å². The highest BCUT2D eigenvalue weighted by molar-refractivity contribution is 6.04. The Hall–Kier alpha value is -3.02. The van der Waals surface area contributed by atoms with Crippen molar-refractivity contribution in [3.05, 3.63) is 54.1 Å². The molecule has 0 unspecified atom stereocenters. The average Bonchev–Trinajstić information content (AvgIpc) is 2.67. The molecule has 27 heavy (non-hydrogen) atoms. The molecule has 2 rings (SSSR count). The maximum Gasteiger partial charge on any atom is 0.259 e. The molecule has 144 valence electrons. The lowest BCUT2D eigenvalue weighted by Gasteiger charge is -2.18. The van der Waals surface area contributed by atoms with E-state index in [1.54, 1.807) is 38.4 Å². The number of amides is 2. The summed E-state index contributed by atoms with van der Waals surface area (Å²) < 4.78 is 5.42. The van der Waals surface area contributed by atoms with E-state index < -0.39 is 0 Å². The van der Waals surface area contributed by atoms with E-state index in [2.05, 4.69) is 17.1 Å². The lowest BCUT2D eigenvalue weighted by molar-refractivity contribution is -0.130. The molecule has 0 spiro atoms. The van der Waals surface area contributed by atoms with Crippen LogP contribution < -0.4 is 15.0 Å². The largest absolute Gasteiger partial charge is 0.484 e. The molecule has 0 aliphatic rings. The van der Waals surface area contributed by atoms with Crippen molar-refractivity contribution in [3.8, 4) is 5.75 Å². The van der Waals surface area contributed by atoms with Crippen LogP contribution in [0.15, 0.2) is 48.5 Å². The van der Waals surface area contributed by atoms with E-state index >= 15 is 0 Å². The molecule has 0 atom stereocenters. The fraction of sp³-hybridized carbons (Fsp3) is 0.333. The Bertz CT molecular complexity index is 755. The fourth-order valence-electron chi connectivity index (χ4n) is 2.44. The van der Waals surface area contributed by atoms with Crippen LogP contribution in [-0.2, 0) is 4.79 Å². The summed E-state index contributed by atoms with van der Waals surface area (Å²) in [5.74, 6) is 0.295. The summed E-state index contributed by atoms with van der Waals surface area (Å²) in [6.45, 7) is 3.09. The first-order valence-corrected chi connectivity index (χ1v) is 8.96. The highest BCUT2D eigenvalue weighted by atomic mass is 16.5. The average molecular weight is 369 g/mol. The number of rotatable bonds is 8. The zero-order valence-corrected chi connectivity index (χ0v) is 16.4. The van der Waals surface area contributed by atoms with Crippen LogP contribution in [0.1, 0.15) is 23.7 Å². The number of hydrogen-bond donors (Lipinski definition) is 1. The molecular formula is C21H27N3O3. The molecule has 0 saturated carbocycles. The van der Waals surface area contributed by atoms with Crippen molar-refractivity contribution in [2.75, 3.05) is 44.5 Å². The number of nitrogens with one attached hydrogen (secondary N) is 1. The molecule has 0 aliphatic heterocycles. The quantitative estimate of drug-likeness (QED) is 0.776. The van der Waals surface area contributed by atoms with Gasteiger partial charge in [-0.3, -0.25) is 9.59 Å². The minimum absolute atomic E-state index is 0.0163. The van der Waals surface area contributed by atoms with Gasteiger partial charge in [-0.15, -0.1) is 0 Å². The van der Waals surface area contributed by atoms with Gasteiger partial charge in [-0.2, -0.15) is 0 Å². The van der Waals surface area contributed by atoms with Crippen molar-refractivity contribution in [2.24, 2.45) is 0 Å². The summed E-state index contributed by atoms with van der Waals surface area (Å²) in [5, 5.41) is 2.86. The highest BCUT2D eigenvalue weighted by Crippen LogP contribution is 2.18. The smallest absolute Gasteiger partial charge is 0.259 e. The van der Waals surface area contributed by atoms with E-state index in [0.29, 0.717) is 17.0 Å². The molecule has 2 aromatic carbocycles. The monoisotopic (exact) mass is 369 g/mol. The molecule has 0 radical (unpaired) electrons. The van der Waals surface area contributed by atoms with Gasteiger partial charge in [0.25, 0.3) is 11.8 Å². The van der Waals surface area contributed by atoms with Gasteiger partial charge in [0.2, 0.25) is 0 Å². The third-order valence-electron chi connectivity index (χ3n) is 4.10. The van der Waals surface area contributed by atoms with Crippen molar-refractivity contribution in [2.45, 2.75) is 13.3 Å². The second-order valence-electron chi connectivity index (χ2n) is 6.52. The molecule has 6 nitrogen and oxygen atoms in total. The first kappa shape index (κ1) is 20.3. The van der Waals surface area contributed by atoms with Crippen LogP contribution >= 0.6 is 0 Å². The highest BCUT2D eigenvalue weighted by Gasteiger charge is 2.08. The van der Waals surface area contributed by atoms with Gasteiger partial charge >= 0.3 is 0 Å². The fourth-order valence-corrected chi connectivity index (χ4v) is 2.44. The van der Waals surface area contributed by atoms with Crippen LogP contribution in [0, 0.1) is 0 Å². The van der Waals surface area contributed by atoms with E-state index in [-0.39, 0.29) is 18.4 Å². The summed E-state index contributed by atoms with van der Waals surface area (Å²) in [5.41, 5.74) is 2.35. The number of likely N-dealkylation sites (N-methyl/N-ethyl adjacent to an activating group) is 1. The molecule has 0 aromatic heterocycles. The van der Waals surface area contributed by atoms with Crippen LogP contribution in [0.4, 0.5) is 11.4 Å². The van der Waals surface area contributed by atoms with Gasteiger partial charge in [0.1, 0.15) is 5.75 Å². The number of benzene rings is 2. The minimum Gasteiger partial charge on any atom is -0.484 e. The van der Waals surface area contributed by atoms with Gasteiger partial charge in [-0.05, 0) is 55.0 Å². The number of nitrogens with zero attached hydrogens (tertiary/aromatic N) is 2. The Morgan fingerprint density at radius 2 is 1.59 bits per heavy atom. The van der Waals surface area contributed by atoms with Crippen LogP contribution in [0.25, 0.3) is 0 Å². The predicted octanol–water partition coefficient (Wildman–Crippen LogP) is 3.25. The first-order valence-electron chi connectivity index (χ1n) is 8.96. The van der Waals surface area contributed by atoms with Crippen molar-refractivity contribution in [3.63, 3.8) is 0 Å². The summed E-state index contributed by atoms with van der Waals surface area (Å²) in [6, 6.07) is 14.5. The van der Waals surface area contributed by atoms with Crippen LogP contribution in [0.3, 0.4) is 0 Å². The summed E-state index contributed by atoms with van der Waals surface area (Å²) in [7, 11) is 5.39. The molecule has 0 aliphatic carbocycles. The summed E-state index contributed by atoms with van der Waals surface area (Å²) >= 11 is 0. The Morgan fingerprint density at radius 3 is 2.15 bits per heavy atom. The summed E-state index contributed by atoms with van der Waals surface area (Å²) in [4.78, 5) is 27.5. The van der Waals surface area contributed by atoms with Gasteiger partial charge in [0, 0.05) is 44.6 Å². The normalized spacial score (nSPS) is 10.2. The molecule has 0 heterocycles. The number of hydrogen-bond acceptors (Lipinski definition) is 4. The molecular weight excluding hydrogens is 342 g/mol. The maximum absolute atomic E-state index is 12.4.